The van der Waals surface area contributed by atoms with Crippen molar-refractivity contribution in [3.63, 3.8) is 0 Å². The van der Waals surface area contributed by atoms with Gasteiger partial charge in [-0.25, -0.2) is 0 Å². The summed E-state index contributed by atoms with van der Waals surface area (Å²) in [5, 5.41) is 7.05. The number of nitrogens with zero attached hydrogens (tertiary/aromatic N) is 3. The van der Waals surface area contributed by atoms with Crippen LogP contribution in [0.2, 0.25) is 0 Å². The largest absolute Gasteiger partial charge is 0.497 e. The maximum absolute atomic E-state index is 5.71. The van der Waals surface area contributed by atoms with E-state index >= 15 is 0 Å². The number of piperazine rings is 1. The van der Waals surface area contributed by atoms with E-state index in [0.29, 0.717) is 0 Å². The molecule has 0 unspecified atom stereocenters. The third-order valence-electron chi connectivity index (χ3n) is 6.42. The minimum absolute atomic E-state index is 0.0178. The van der Waals surface area contributed by atoms with Crippen molar-refractivity contribution in [3.8, 4) is 5.75 Å². The Bertz CT molecular complexity index is 824. The van der Waals surface area contributed by atoms with Crippen molar-refractivity contribution in [1.82, 2.24) is 10.2 Å². The molecule has 168 valence electrons. The van der Waals surface area contributed by atoms with Gasteiger partial charge in [0.1, 0.15) is 5.75 Å². The number of hydrogen-bond donors (Lipinski definition) is 1. The molecule has 7 heteroatoms. The zero-order valence-corrected chi connectivity index (χ0v) is 19.5. The first-order valence-electron chi connectivity index (χ1n) is 11.3. The van der Waals surface area contributed by atoms with Crippen molar-refractivity contribution in [1.29, 1.82) is 0 Å². The van der Waals surface area contributed by atoms with Crippen molar-refractivity contribution < 1.29 is 9.47 Å². The van der Waals surface area contributed by atoms with Crippen molar-refractivity contribution >= 4 is 22.3 Å². The van der Waals surface area contributed by atoms with E-state index in [2.05, 4.69) is 63.8 Å². The molecule has 0 amide bonds. The second kappa shape index (κ2) is 10.4. The average molecular weight is 443 g/mol. The lowest BCUT2D eigenvalue weighted by molar-refractivity contribution is 0.0530. The van der Waals surface area contributed by atoms with E-state index in [9.17, 15) is 0 Å². The zero-order valence-electron chi connectivity index (χ0n) is 18.7. The lowest BCUT2D eigenvalue weighted by Crippen LogP contribution is -2.53. The molecule has 3 heterocycles. The van der Waals surface area contributed by atoms with Gasteiger partial charge in [-0.3, -0.25) is 4.99 Å². The second-order valence-electron chi connectivity index (χ2n) is 8.22. The van der Waals surface area contributed by atoms with Crippen LogP contribution in [0.5, 0.6) is 5.75 Å². The molecule has 0 bridgehead atoms. The fourth-order valence-electron chi connectivity index (χ4n) is 4.49. The molecule has 0 radical (unpaired) electrons. The highest BCUT2D eigenvalue weighted by Crippen LogP contribution is 2.36. The fraction of sp³-hybridized carbons (Fsp3) is 0.542. The van der Waals surface area contributed by atoms with Gasteiger partial charge in [-0.1, -0.05) is 12.1 Å². The minimum Gasteiger partial charge on any atom is -0.497 e. The quantitative estimate of drug-likeness (QED) is 0.547. The molecule has 2 aromatic rings. The van der Waals surface area contributed by atoms with E-state index in [1.807, 2.05) is 11.3 Å². The molecule has 2 aliphatic rings. The monoisotopic (exact) mass is 442 g/mol. The van der Waals surface area contributed by atoms with Crippen LogP contribution in [-0.2, 0) is 10.2 Å². The summed E-state index contributed by atoms with van der Waals surface area (Å²) >= 11 is 1.82. The van der Waals surface area contributed by atoms with Crippen LogP contribution in [0.15, 0.2) is 46.8 Å². The predicted octanol–water partition coefficient (Wildman–Crippen LogP) is 3.59. The Balaban J connectivity index is 1.48. The fourth-order valence-corrected chi connectivity index (χ4v) is 5.27. The molecule has 6 nitrogen and oxygen atoms in total. The highest BCUT2D eigenvalue weighted by molar-refractivity contribution is 7.14. The van der Waals surface area contributed by atoms with Gasteiger partial charge >= 0.3 is 0 Å². The number of ether oxygens (including phenoxy) is 2. The van der Waals surface area contributed by atoms with Crippen molar-refractivity contribution in [2.45, 2.75) is 25.2 Å². The molecule has 0 atom stereocenters. The molecule has 4 rings (SSSR count). The zero-order chi connectivity index (χ0) is 21.5. The number of hydrogen-bond acceptors (Lipinski definition) is 5. The molecule has 2 fully saturated rings. The van der Waals surface area contributed by atoms with Gasteiger partial charge in [-0.15, -0.1) is 11.3 Å². The second-order valence-corrected chi connectivity index (χ2v) is 9.14. The summed E-state index contributed by atoms with van der Waals surface area (Å²) in [5.41, 5.74) is 1.35. The number of methoxy groups -OCH3 is 1. The number of aliphatic imine (C=N–C) groups is 1. The average Bonchev–Trinajstić information content (AvgIpc) is 3.38. The summed E-state index contributed by atoms with van der Waals surface area (Å²) in [6.07, 6.45) is 1.99. The van der Waals surface area contributed by atoms with Gasteiger partial charge in [0.15, 0.2) is 5.96 Å². The van der Waals surface area contributed by atoms with Gasteiger partial charge in [-0.2, -0.15) is 0 Å². The number of guanidine groups is 1. The molecule has 0 aliphatic carbocycles. The summed E-state index contributed by atoms with van der Waals surface area (Å²) in [7, 11) is 1.71. The van der Waals surface area contributed by atoms with Crippen LogP contribution in [0.25, 0.3) is 0 Å². The Hall–Kier alpha value is -2.25. The number of thiophene rings is 1. The summed E-state index contributed by atoms with van der Waals surface area (Å²) in [6, 6.07) is 12.9. The summed E-state index contributed by atoms with van der Waals surface area (Å²) in [5.74, 6) is 1.93. The van der Waals surface area contributed by atoms with E-state index in [1.54, 1.807) is 7.11 Å². The first-order valence-corrected chi connectivity index (χ1v) is 12.2. The van der Waals surface area contributed by atoms with Crippen LogP contribution < -0.4 is 15.0 Å². The van der Waals surface area contributed by atoms with Gasteiger partial charge in [0.05, 0.1) is 18.7 Å². The summed E-state index contributed by atoms with van der Waals surface area (Å²) < 4.78 is 11.1. The van der Waals surface area contributed by atoms with Crippen LogP contribution in [0.1, 0.15) is 25.3 Å². The van der Waals surface area contributed by atoms with Gasteiger partial charge in [0, 0.05) is 51.4 Å². The Morgan fingerprint density at radius 1 is 1.13 bits per heavy atom. The van der Waals surface area contributed by atoms with Crippen LogP contribution in [-0.4, -0.2) is 70.5 Å². The number of rotatable bonds is 6. The molecule has 0 spiro atoms. The van der Waals surface area contributed by atoms with E-state index in [-0.39, 0.29) is 5.41 Å². The molecule has 1 N–H and O–H groups in total. The molecular formula is C24H34N4O2S. The number of nitrogens with one attached hydrogen (secondary N) is 1. The van der Waals surface area contributed by atoms with E-state index in [0.717, 1.165) is 77.0 Å². The minimum atomic E-state index is 0.0178. The van der Waals surface area contributed by atoms with Crippen LogP contribution in [0.3, 0.4) is 0 Å². The first-order chi connectivity index (χ1) is 15.2. The maximum atomic E-state index is 5.71. The lowest BCUT2D eigenvalue weighted by atomic mass is 9.74. The van der Waals surface area contributed by atoms with Gasteiger partial charge < -0.3 is 24.6 Å². The molecule has 1 aromatic carbocycles. The predicted molar refractivity (Wildman–Crippen MR) is 129 cm³/mol. The number of benzene rings is 1. The molecule has 2 saturated heterocycles. The van der Waals surface area contributed by atoms with Gasteiger partial charge in [-0.05, 0) is 55.0 Å². The normalized spacial score (nSPS) is 19.4. The van der Waals surface area contributed by atoms with Gasteiger partial charge in [0.25, 0.3) is 0 Å². The lowest BCUT2D eigenvalue weighted by Gasteiger charge is -2.39. The number of anilines is 1. The van der Waals surface area contributed by atoms with E-state index in [4.69, 9.17) is 14.5 Å². The Labute approximate surface area is 189 Å². The SMILES string of the molecule is CCNC(=NCC1(c2ccc(OC)cc2)CCOCC1)N1CCN(c2cccs2)CC1. The molecule has 31 heavy (non-hydrogen) atoms. The van der Waals surface area contributed by atoms with E-state index in [1.165, 1.54) is 10.6 Å². The topological polar surface area (TPSA) is 49.3 Å². The Morgan fingerprint density at radius 3 is 2.48 bits per heavy atom. The van der Waals surface area contributed by atoms with E-state index < -0.39 is 0 Å². The highest BCUT2D eigenvalue weighted by Gasteiger charge is 2.35. The summed E-state index contributed by atoms with van der Waals surface area (Å²) in [6.45, 7) is 9.41. The standard InChI is InChI=1S/C24H34N4O2S/c1-3-25-23(28-14-12-27(13-15-28)22-5-4-18-31-22)26-19-24(10-16-30-17-11-24)20-6-8-21(29-2)9-7-20/h4-9,18H,3,10-17,19H2,1-2H3,(H,25,26). The highest BCUT2D eigenvalue weighted by atomic mass is 32.1. The van der Waals surface area contributed by atoms with Gasteiger partial charge in [0.2, 0.25) is 0 Å². The molecule has 2 aliphatic heterocycles. The Morgan fingerprint density at radius 2 is 1.87 bits per heavy atom. The first kappa shape index (κ1) is 22.0. The van der Waals surface area contributed by atoms with Crippen molar-refractivity contribution in [2.24, 2.45) is 4.99 Å². The van der Waals surface area contributed by atoms with Crippen LogP contribution in [0, 0.1) is 0 Å². The third-order valence-corrected chi connectivity index (χ3v) is 7.34. The van der Waals surface area contributed by atoms with Crippen molar-refractivity contribution in [3.05, 3.63) is 47.3 Å². The van der Waals surface area contributed by atoms with Crippen molar-refractivity contribution in [2.75, 3.05) is 64.5 Å². The molecular weight excluding hydrogens is 408 g/mol. The molecule has 0 saturated carbocycles. The smallest absolute Gasteiger partial charge is 0.194 e. The molecule has 1 aromatic heterocycles. The van der Waals surface area contributed by atoms with Crippen LogP contribution in [0.4, 0.5) is 5.00 Å². The summed E-state index contributed by atoms with van der Waals surface area (Å²) in [4.78, 5) is 10.1. The van der Waals surface area contributed by atoms with Crippen LogP contribution >= 0.6 is 11.3 Å². The Kier molecular flexibility index (Phi) is 7.35. The third kappa shape index (κ3) is 5.15. The maximum Gasteiger partial charge on any atom is 0.194 e.